The summed E-state index contributed by atoms with van der Waals surface area (Å²) in [5, 5.41) is 17.5. The van der Waals surface area contributed by atoms with Crippen LogP contribution >= 0.6 is 8.81 Å². The Hall–Kier alpha value is -0.565. The summed E-state index contributed by atoms with van der Waals surface area (Å²) < 4.78 is 5.21. The molecule has 0 heterocycles. The van der Waals surface area contributed by atoms with Crippen molar-refractivity contribution in [3.8, 4) is 5.75 Å². The van der Waals surface area contributed by atoms with Crippen LogP contribution < -0.4 is 9.99 Å². The van der Waals surface area contributed by atoms with Crippen molar-refractivity contribution < 1.29 is 14.6 Å². The molecule has 3 nitrogen and oxygen atoms in total. The molecule has 0 aromatic heterocycles. The monoisotopic (exact) mass is 184 g/mol. The zero-order valence-electron chi connectivity index (χ0n) is 6.69. The highest BCUT2D eigenvalue weighted by atomic mass is 31.1. The largest absolute Gasteiger partial charge is 0.488 e. The van der Waals surface area contributed by atoms with Crippen molar-refractivity contribution in [3.63, 3.8) is 0 Å². The fourth-order valence-electron chi connectivity index (χ4n) is 0.826. The summed E-state index contributed by atoms with van der Waals surface area (Å²) in [5.41, 5.74) is 0.474. The molecule has 1 rings (SSSR count). The van der Waals surface area contributed by atoms with E-state index in [1.54, 1.807) is 24.3 Å². The summed E-state index contributed by atoms with van der Waals surface area (Å²) >= 11 is 0. The van der Waals surface area contributed by atoms with Gasteiger partial charge in [0.05, 0.1) is 8.81 Å². The van der Waals surface area contributed by atoms with E-state index in [9.17, 15) is 0 Å². The number of rotatable bonds is 3. The van der Waals surface area contributed by atoms with Gasteiger partial charge >= 0.3 is 7.12 Å². The highest BCUT2D eigenvalue weighted by Crippen LogP contribution is 2.15. The van der Waals surface area contributed by atoms with Gasteiger partial charge in [-0.15, -0.1) is 0 Å². The summed E-state index contributed by atoms with van der Waals surface area (Å²) in [6.45, 7) is 1.93. The Morgan fingerprint density at radius 2 is 1.83 bits per heavy atom. The van der Waals surface area contributed by atoms with E-state index in [0.717, 1.165) is 5.75 Å². The van der Waals surface area contributed by atoms with Crippen LogP contribution in [0.15, 0.2) is 24.3 Å². The van der Waals surface area contributed by atoms with E-state index in [2.05, 4.69) is 0 Å². The van der Waals surface area contributed by atoms with Crippen molar-refractivity contribution in [1.82, 2.24) is 0 Å². The first-order valence-corrected chi connectivity index (χ1v) is 4.94. The second-order valence-electron chi connectivity index (χ2n) is 2.25. The molecular weight excluding hydrogens is 174 g/mol. The van der Waals surface area contributed by atoms with Crippen LogP contribution in [0.4, 0.5) is 0 Å². The SMILES string of the molecule is CPOc1ccc(B(O)O)cc1. The zero-order valence-corrected chi connectivity index (χ0v) is 7.69. The van der Waals surface area contributed by atoms with E-state index in [0.29, 0.717) is 14.3 Å². The lowest BCUT2D eigenvalue weighted by Crippen LogP contribution is -2.29. The van der Waals surface area contributed by atoms with Crippen LogP contribution in [0.25, 0.3) is 0 Å². The van der Waals surface area contributed by atoms with Gasteiger partial charge in [-0.1, -0.05) is 12.1 Å². The van der Waals surface area contributed by atoms with Crippen LogP contribution in [0, 0.1) is 0 Å². The van der Waals surface area contributed by atoms with Gasteiger partial charge in [-0.25, -0.2) is 0 Å². The minimum Gasteiger partial charge on any atom is -0.477 e. The van der Waals surface area contributed by atoms with E-state index in [4.69, 9.17) is 14.6 Å². The highest BCUT2D eigenvalue weighted by molar-refractivity contribution is 7.31. The Balaban J connectivity index is 2.71. The molecular formula is C7H10BO3P. The molecule has 12 heavy (non-hydrogen) atoms. The number of hydrogen-bond acceptors (Lipinski definition) is 3. The molecule has 0 saturated heterocycles. The Morgan fingerprint density at radius 1 is 1.25 bits per heavy atom. The maximum Gasteiger partial charge on any atom is 0.488 e. The molecule has 1 unspecified atom stereocenters. The molecule has 0 aliphatic rings. The predicted molar refractivity (Wildman–Crippen MR) is 51.1 cm³/mol. The van der Waals surface area contributed by atoms with Gasteiger partial charge in [-0.3, -0.25) is 0 Å². The molecule has 0 bridgehead atoms. The Morgan fingerprint density at radius 3 is 2.25 bits per heavy atom. The van der Waals surface area contributed by atoms with E-state index in [-0.39, 0.29) is 0 Å². The van der Waals surface area contributed by atoms with Crippen LogP contribution in [0.3, 0.4) is 0 Å². The summed E-state index contributed by atoms with van der Waals surface area (Å²) in [6, 6.07) is 6.68. The van der Waals surface area contributed by atoms with Gasteiger partial charge in [0.15, 0.2) is 0 Å². The molecule has 2 N–H and O–H groups in total. The Bertz CT molecular complexity index is 237. The second kappa shape index (κ2) is 4.46. The summed E-state index contributed by atoms with van der Waals surface area (Å²) in [6.07, 6.45) is 0. The van der Waals surface area contributed by atoms with Crippen molar-refractivity contribution in [1.29, 1.82) is 0 Å². The molecule has 0 saturated carbocycles. The predicted octanol–water partition coefficient (Wildman–Crippen LogP) is -0.0315. The van der Waals surface area contributed by atoms with Crippen molar-refractivity contribution >= 4 is 21.4 Å². The molecule has 1 aromatic carbocycles. The van der Waals surface area contributed by atoms with E-state index in [1.165, 1.54) is 0 Å². The fourth-order valence-corrected chi connectivity index (χ4v) is 1.20. The van der Waals surface area contributed by atoms with E-state index < -0.39 is 7.12 Å². The average Bonchev–Trinajstić information content (AvgIpc) is 2.06. The van der Waals surface area contributed by atoms with Crippen LogP contribution in [-0.2, 0) is 0 Å². The van der Waals surface area contributed by atoms with Gasteiger partial charge in [-0.2, -0.15) is 0 Å². The molecule has 0 aliphatic carbocycles. The quantitative estimate of drug-likeness (QED) is 0.512. The molecule has 0 aliphatic heterocycles. The highest BCUT2D eigenvalue weighted by Gasteiger charge is 2.09. The minimum atomic E-state index is -1.40. The molecule has 0 radical (unpaired) electrons. The van der Waals surface area contributed by atoms with Crippen LogP contribution in [0.5, 0.6) is 5.75 Å². The third kappa shape index (κ3) is 2.49. The second-order valence-corrected chi connectivity index (χ2v) is 2.86. The van der Waals surface area contributed by atoms with E-state index in [1.807, 2.05) is 6.66 Å². The van der Waals surface area contributed by atoms with Gasteiger partial charge in [-0.05, 0) is 24.3 Å². The summed E-state index contributed by atoms with van der Waals surface area (Å²) in [4.78, 5) is 0. The first kappa shape index (κ1) is 9.52. The topological polar surface area (TPSA) is 49.7 Å². The molecule has 5 heteroatoms. The normalized spacial score (nSPS) is 10.6. The van der Waals surface area contributed by atoms with Crippen molar-refractivity contribution in [2.45, 2.75) is 0 Å². The van der Waals surface area contributed by atoms with Crippen LogP contribution in [0.1, 0.15) is 0 Å². The first-order chi connectivity index (χ1) is 5.74. The lowest BCUT2D eigenvalue weighted by molar-refractivity contribution is 0.426. The van der Waals surface area contributed by atoms with Crippen molar-refractivity contribution in [2.75, 3.05) is 6.66 Å². The summed E-state index contributed by atoms with van der Waals surface area (Å²) in [7, 11) is -0.998. The fraction of sp³-hybridized carbons (Fsp3) is 0.143. The molecule has 0 spiro atoms. The molecule has 0 fully saturated rings. The van der Waals surface area contributed by atoms with Crippen molar-refractivity contribution in [2.24, 2.45) is 0 Å². The van der Waals surface area contributed by atoms with Gasteiger partial charge in [0, 0.05) is 0 Å². The molecule has 1 aromatic rings. The van der Waals surface area contributed by atoms with Gasteiger partial charge < -0.3 is 14.6 Å². The maximum atomic E-state index is 8.76. The molecule has 1 atom stereocenters. The lowest BCUT2D eigenvalue weighted by Gasteiger charge is -2.03. The maximum absolute atomic E-state index is 8.76. The van der Waals surface area contributed by atoms with Crippen LogP contribution in [-0.4, -0.2) is 23.8 Å². The summed E-state index contributed by atoms with van der Waals surface area (Å²) in [5.74, 6) is 0.750. The first-order valence-electron chi connectivity index (χ1n) is 3.53. The van der Waals surface area contributed by atoms with Gasteiger partial charge in [0.2, 0.25) is 0 Å². The smallest absolute Gasteiger partial charge is 0.477 e. The van der Waals surface area contributed by atoms with Gasteiger partial charge in [0.1, 0.15) is 5.75 Å². The van der Waals surface area contributed by atoms with E-state index >= 15 is 0 Å². The lowest BCUT2D eigenvalue weighted by atomic mass is 9.80. The third-order valence-corrected chi connectivity index (χ3v) is 1.84. The Kier molecular flexibility index (Phi) is 3.54. The minimum absolute atomic E-state index is 0.402. The molecule has 64 valence electrons. The standard InChI is InChI=1S/C7H10BO3P/c1-12-11-7-4-2-6(3-5-7)8(9)10/h2-5,9-10,12H,1H3. The number of hydrogen-bond donors (Lipinski definition) is 2. The van der Waals surface area contributed by atoms with Crippen LogP contribution in [0.2, 0.25) is 0 Å². The van der Waals surface area contributed by atoms with Gasteiger partial charge in [0.25, 0.3) is 0 Å². The number of benzene rings is 1. The third-order valence-electron chi connectivity index (χ3n) is 1.40. The zero-order chi connectivity index (χ0) is 8.97. The van der Waals surface area contributed by atoms with Crippen molar-refractivity contribution in [3.05, 3.63) is 24.3 Å². The average molecular weight is 184 g/mol. The Labute approximate surface area is 73.4 Å². The molecule has 0 amide bonds.